The molecule has 3 aromatic rings. The molecule has 3 aromatic carbocycles. The van der Waals surface area contributed by atoms with Gasteiger partial charge >= 0.3 is 41.8 Å². The van der Waals surface area contributed by atoms with Crippen LogP contribution in [0.25, 0.3) is 0 Å². The van der Waals surface area contributed by atoms with Crippen molar-refractivity contribution >= 4 is 124 Å². The molecule has 41 heteroatoms. The average molecular weight is 1680 g/mol. The number of carboxylic acid groups (broad SMARTS) is 7. The number of anilines is 1. The van der Waals surface area contributed by atoms with Crippen LogP contribution in [0.5, 0.6) is 0 Å². The first-order chi connectivity index (χ1) is 56.7. The molecule has 1 saturated carbocycles. The molecule has 120 heavy (non-hydrogen) atoms. The number of nitrogens with zero attached hydrogens (tertiary/aromatic N) is 2. The summed E-state index contributed by atoms with van der Waals surface area (Å²) < 4.78 is 0. The lowest BCUT2D eigenvalue weighted by Gasteiger charge is -2.51. The zero-order chi connectivity index (χ0) is 88.8. The second-order valence-electron chi connectivity index (χ2n) is 30.2. The van der Waals surface area contributed by atoms with Crippen molar-refractivity contribution in [1.29, 1.82) is 5.41 Å². The van der Waals surface area contributed by atoms with Crippen LogP contribution < -0.4 is 64.2 Å². The quantitative estimate of drug-likeness (QED) is 0.0240. The maximum atomic E-state index is 15.4. The van der Waals surface area contributed by atoms with Crippen LogP contribution in [0.1, 0.15) is 164 Å². The molecule has 4 aliphatic rings. The molecule has 0 spiro atoms. The van der Waals surface area contributed by atoms with Gasteiger partial charge in [-0.15, -0.1) is 0 Å². The third kappa shape index (κ3) is 30.1. The van der Waals surface area contributed by atoms with Crippen LogP contribution in [0.15, 0.2) is 78.9 Å². The van der Waals surface area contributed by atoms with Crippen LogP contribution in [0, 0.1) is 23.2 Å². The van der Waals surface area contributed by atoms with Gasteiger partial charge in [0.05, 0.1) is 19.4 Å². The minimum Gasteiger partial charge on any atom is -0.481 e. The van der Waals surface area contributed by atoms with Gasteiger partial charge in [0.15, 0.2) is 5.96 Å². The van der Waals surface area contributed by atoms with E-state index in [0.29, 0.717) is 42.5 Å². The van der Waals surface area contributed by atoms with Crippen LogP contribution in [0.2, 0.25) is 0 Å². The Balaban J connectivity index is 1.23. The number of rotatable bonds is 48. The van der Waals surface area contributed by atoms with E-state index in [2.05, 4.69) is 58.5 Å². The smallest absolute Gasteiger partial charge is 0.326 e. The highest BCUT2D eigenvalue weighted by Crippen LogP contribution is 2.41. The predicted molar refractivity (Wildman–Crippen MR) is 421 cm³/mol. The summed E-state index contributed by atoms with van der Waals surface area (Å²) in [6.07, 6.45) is -6.11. The Bertz CT molecular complexity index is 4250. The number of likely N-dealkylation sites (tertiary alicyclic amines) is 1. The van der Waals surface area contributed by atoms with Gasteiger partial charge in [-0.3, -0.25) is 91.7 Å². The van der Waals surface area contributed by atoms with E-state index in [1.165, 1.54) is 53.4 Å². The Morgan fingerprint density at radius 3 is 1.45 bits per heavy atom. The molecule has 0 radical (unpaired) electrons. The highest BCUT2D eigenvalue weighted by atomic mass is 16.4. The second-order valence-corrected chi connectivity index (χ2v) is 30.2. The van der Waals surface area contributed by atoms with E-state index in [9.17, 15) is 112 Å². The van der Waals surface area contributed by atoms with Crippen molar-refractivity contribution < 1.29 is 127 Å². The van der Waals surface area contributed by atoms with E-state index in [-0.39, 0.29) is 61.7 Å². The van der Waals surface area contributed by atoms with E-state index < -0.39 is 274 Å². The van der Waals surface area contributed by atoms with Crippen LogP contribution >= 0.6 is 0 Å². The molecular formula is C79H105N15O26. The Labute approximate surface area is 688 Å². The van der Waals surface area contributed by atoms with Gasteiger partial charge in [-0.1, -0.05) is 88.7 Å². The fourth-order valence-electron chi connectivity index (χ4n) is 14.3. The van der Waals surface area contributed by atoms with E-state index >= 15 is 14.4 Å². The third-order valence-electron chi connectivity index (χ3n) is 20.7. The van der Waals surface area contributed by atoms with Crippen molar-refractivity contribution in [3.63, 3.8) is 0 Å². The van der Waals surface area contributed by atoms with Crippen molar-refractivity contribution in [2.75, 3.05) is 18.4 Å². The number of benzene rings is 3. The molecule has 12 amide bonds. The summed E-state index contributed by atoms with van der Waals surface area (Å²) in [5, 5.41) is 102. The zero-order valence-corrected chi connectivity index (χ0v) is 66.6. The van der Waals surface area contributed by atoms with E-state index in [0.717, 1.165) is 4.90 Å². The number of hydrogen-bond acceptors (Lipinski definition) is 20. The molecule has 2 bridgehead atoms. The first-order valence-corrected chi connectivity index (χ1v) is 39.2. The first kappa shape index (κ1) is 95.7. The zero-order valence-electron chi connectivity index (χ0n) is 66.6. The normalized spacial score (nSPS) is 17.7. The molecule has 4 fully saturated rings. The number of carbonyl (C=O) groups is 19. The van der Waals surface area contributed by atoms with Gasteiger partial charge in [0, 0.05) is 62.4 Å². The van der Waals surface area contributed by atoms with Crippen molar-refractivity contribution in [2.24, 2.45) is 23.5 Å². The van der Waals surface area contributed by atoms with E-state index in [1.807, 2.05) is 0 Å². The summed E-state index contributed by atoms with van der Waals surface area (Å²) in [6, 6.07) is 0.278. The summed E-state index contributed by atoms with van der Waals surface area (Å²) in [7, 11) is 0. The van der Waals surface area contributed by atoms with Gasteiger partial charge in [0.25, 0.3) is 5.91 Å². The molecular weight excluding hydrogens is 1570 g/mol. The van der Waals surface area contributed by atoms with Gasteiger partial charge in [0.1, 0.15) is 66.5 Å². The maximum absolute atomic E-state index is 15.4. The lowest BCUT2D eigenvalue weighted by atomic mass is 9.73. The van der Waals surface area contributed by atoms with Gasteiger partial charge in [0.2, 0.25) is 65.0 Å². The number of nitrogens with two attached hydrogens (primary N) is 1. The van der Waals surface area contributed by atoms with Crippen LogP contribution in [-0.4, -0.2) is 250 Å². The summed E-state index contributed by atoms with van der Waals surface area (Å²) in [6.45, 7) is 5.74. The monoisotopic (exact) mass is 1680 g/mol. The highest BCUT2D eigenvalue weighted by Gasteiger charge is 2.51. The summed E-state index contributed by atoms with van der Waals surface area (Å²) >= 11 is 0. The Hall–Kier alpha value is -13.1. The van der Waals surface area contributed by atoms with E-state index in [4.69, 9.17) is 11.1 Å². The van der Waals surface area contributed by atoms with Crippen LogP contribution in [0.4, 0.5) is 5.69 Å². The van der Waals surface area contributed by atoms with Gasteiger partial charge in [-0.2, -0.15) is 0 Å². The van der Waals surface area contributed by atoms with Gasteiger partial charge in [-0.05, 0) is 129 Å². The minimum absolute atomic E-state index is 0.0679. The molecule has 0 aromatic heterocycles. The van der Waals surface area contributed by atoms with Crippen molar-refractivity contribution in [2.45, 2.75) is 229 Å². The third-order valence-corrected chi connectivity index (χ3v) is 20.7. The highest BCUT2D eigenvalue weighted by molar-refractivity contribution is 6.02. The number of fused-ring (bicyclic) bond motifs is 3. The number of nitrogens with one attached hydrogen (secondary N) is 12. The molecule has 3 heterocycles. The standard InChI is InChI=1S/C79H105N15O26/c1-5-41(4)65(92-75(116)66-45-19-23-48(24-20-45)94(66)76(117)51(27-31-61(100)101)87-71(112)54(35-42-10-7-6-8-11-42)91-73(114)56(38-64(106)107)84-58(95)39-82-67(108)46-17-21-47(22-18-46)83-79(80)81)77(118)93-33-9-12-57(93)74(115)86-50(26-30-60(98)99)68(109)85-49(25-29-59(96)97)69(110)90-55(36-43-13-15-44(16-14-43)37-63(104)105)72(113)89-53(34-40(2)3)70(111)88-52(78(119)120)28-32-62(102)103/h6-8,10-11,13-18,21-22,40-41,45,48-57,65-66H,5,9,12,19-20,23-39H2,1-4H3,(H,82,108)(H,84,95)(H,85,109)(H,86,115)(H,87,112)(H,88,111)(H,89,113)(H,90,110)(H,91,114)(H,92,116)(H,96,97)(H,98,99)(H,100,101)(H,102,103)(H,104,105)(H,106,107)(H,119,120)(H4,80,81,83)/t41-,45?,48?,49-,50-,51-,52+,53-,54-,55-,56-,57-,65-,66?/m0/s1. The predicted octanol–water partition coefficient (Wildman–Crippen LogP) is -0.931. The first-order valence-electron chi connectivity index (χ1n) is 39.2. The van der Waals surface area contributed by atoms with Crippen molar-refractivity contribution in [3.05, 3.63) is 101 Å². The van der Waals surface area contributed by atoms with E-state index in [1.54, 1.807) is 58.0 Å². The Kier molecular flexibility index (Phi) is 36.8. The van der Waals surface area contributed by atoms with Crippen LogP contribution in [-0.2, 0) is 106 Å². The number of hydrogen-bond donors (Lipinski definition) is 20. The average Bonchev–Trinajstić information content (AvgIpc) is 0.840. The number of amides is 12. The number of aliphatic carboxylic acids is 7. The minimum atomic E-state index is -1.91. The molecule has 1 unspecified atom stereocenters. The summed E-state index contributed by atoms with van der Waals surface area (Å²) in [5.74, 6) is -24.4. The molecule has 652 valence electrons. The lowest BCUT2D eigenvalue weighted by Crippen LogP contribution is -2.68. The number of guanidine groups is 1. The SMILES string of the molecule is CC[C@H](C)[C@H](NC(=O)C1C2CCC(CC2)N1C(=O)[C@H](CCC(=O)O)NC(=O)[C@H](Cc1ccccc1)NC(=O)[C@H](CC(=O)O)NC(=O)CNC(=O)c1ccc(NC(=N)N)cc1)C(=O)N1CCC[C@H]1C(=O)N[C@@H](CCC(=O)O)C(=O)N[C@@H](CCC(=O)O)C(=O)N[C@@H](Cc1ccc(CC(=O)O)cc1)C(=O)N[C@@H](CC(C)C)C(=O)N[C@H](CCC(=O)O)C(=O)O. The Morgan fingerprint density at radius 1 is 0.475 bits per heavy atom. The number of piperidine rings is 2. The van der Waals surface area contributed by atoms with Crippen molar-refractivity contribution in [3.8, 4) is 0 Å². The summed E-state index contributed by atoms with van der Waals surface area (Å²) in [5.41, 5.74) is 6.83. The molecule has 3 saturated heterocycles. The maximum Gasteiger partial charge on any atom is 0.326 e. The second kappa shape index (κ2) is 46.1. The van der Waals surface area contributed by atoms with Crippen LogP contribution in [0.3, 0.4) is 0 Å². The Morgan fingerprint density at radius 2 is 0.942 bits per heavy atom. The molecule has 12 atom stereocenters. The molecule has 41 nitrogen and oxygen atoms in total. The molecule has 1 aliphatic carbocycles. The fourth-order valence-corrected chi connectivity index (χ4v) is 14.3. The number of carboxylic acids is 7. The van der Waals surface area contributed by atoms with Crippen molar-refractivity contribution in [1.82, 2.24) is 63.0 Å². The summed E-state index contributed by atoms with van der Waals surface area (Å²) in [4.78, 5) is 259. The topological polar surface area (TPSA) is 655 Å². The lowest BCUT2D eigenvalue weighted by molar-refractivity contribution is -0.157. The largest absolute Gasteiger partial charge is 0.481 e. The van der Waals surface area contributed by atoms with Gasteiger partial charge < -0.3 is 110 Å². The fraction of sp³-hybridized carbons (Fsp3) is 0.519. The number of carbonyl (C=O) groups excluding carboxylic acids is 12. The molecule has 7 rings (SSSR count). The molecule has 3 aliphatic heterocycles. The molecule has 21 N–H and O–H groups in total. The van der Waals surface area contributed by atoms with Gasteiger partial charge in [-0.25, -0.2) is 4.79 Å².